The molecule has 0 bridgehead atoms. The highest BCUT2D eigenvalue weighted by Gasteiger charge is 2.15. The minimum absolute atomic E-state index is 0.00761. The van der Waals surface area contributed by atoms with E-state index < -0.39 is 0 Å². The third kappa shape index (κ3) is 4.31. The molecular weight excluding hydrogens is 394 g/mol. The van der Waals surface area contributed by atoms with Gasteiger partial charge in [0.2, 0.25) is 0 Å². The second kappa shape index (κ2) is 8.59. The Balaban J connectivity index is 1.44. The van der Waals surface area contributed by atoms with Crippen LogP contribution in [0.3, 0.4) is 0 Å². The minimum Gasteiger partial charge on any atom is -0.291 e. The van der Waals surface area contributed by atoms with E-state index in [1.807, 2.05) is 45.2 Å². The van der Waals surface area contributed by atoms with Gasteiger partial charge in [-0.2, -0.15) is 0 Å². The van der Waals surface area contributed by atoms with E-state index in [-0.39, 0.29) is 5.78 Å². The Morgan fingerprint density at radius 1 is 0.967 bits per heavy atom. The molecule has 0 unspecified atom stereocenters. The topological polar surface area (TPSA) is 81.5 Å². The number of aryl methyl sites for hydroxylation is 4. The molecule has 150 valence electrons. The molecule has 0 saturated carbocycles. The first-order valence-electron chi connectivity index (χ1n) is 9.67. The van der Waals surface area contributed by atoms with Crippen molar-refractivity contribution in [2.24, 2.45) is 0 Å². The summed E-state index contributed by atoms with van der Waals surface area (Å²) in [7, 11) is 0. The van der Waals surface area contributed by atoms with E-state index in [9.17, 15) is 4.79 Å². The SMILES string of the molecule is Cc1cc(-c2ncc(CCC(=O)c3nnc(-c4cnccc4C)s3)cc2C)ccn1. The largest absolute Gasteiger partial charge is 0.291 e. The number of nitrogens with zero attached hydrogens (tertiary/aromatic N) is 5. The molecule has 0 N–H and O–H groups in total. The van der Waals surface area contributed by atoms with Crippen molar-refractivity contribution in [2.75, 3.05) is 0 Å². The second-order valence-electron chi connectivity index (χ2n) is 7.22. The molecule has 0 aliphatic rings. The summed E-state index contributed by atoms with van der Waals surface area (Å²) in [5.41, 5.74) is 7.04. The summed E-state index contributed by atoms with van der Waals surface area (Å²) in [6.45, 7) is 6.00. The number of rotatable bonds is 6. The number of aromatic nitrogens is 5. The average Bonchev–Trinajstić information content (AvgIpc) is 3.22. The molecule has 30 heavy (non-hydrogen) atoms. The van der Waals surface area contributed by atoms with Crippen molar-refractivity contribution in [1.29, 1.82) is 0 Å². The summed E-state index contributed by atoms with van der Waals surface area (Å²) in [6, 6.07) is 8.00. The number of pyridine rings is 3. The van der Waals surface area contributed by atoms with Gasteiger partial charge in [-0.05, 0) is 62.1 Å². The number of carbonyl (C=O) groups excluding carboxylic acids is 1. The number of carbonyl (C=O) groups is 1. The molecule has 7 heteroatoms. The van der Waals surface area contributed by atoms with Crippen LogP contribution in [0.5, 0.6) is 0 Å². The molecular formula is C23H21N5OS. The summed E-state index contributed by atoms with van der Waals surface area (Å²) in [5.74, 6) is -0.00761. The average molecular weight is 416 g/mol. The van der Waals surface area contributed by atoms with E-state index in [0.717, 1.165) is 44.2 Å². The van der Waals surface area contributed by atoms with Crippen LogP contribution in [-0.4, -0.2) is 30.9 Å². The Labute approximate surface area is 179 Å². The molecule has 0 saturated heterocycles. The van der Waals surface area contributed by atoms with Crippen molar-refractivity contribution in [2.45, 2.75) is 33.6 Å². The van der Waals surface area contributed by atoms with E-state index >= 15 is 0 Å². The lowest BCUT2D eigenvalue weighted by Crippen LogP contribution is -2.02. The Morgan fingerprint density at radius 2 is 1.83 bits per heavy atom. The van der Waals surface area contributed by atoms with Gasteiger partial charge in [0.1, 0.15) is 5.01 Å². The van der Waals surface area contributed by atoms with Crippen LogP contribution in [0, 0.1) is 20.8 Å². The van der Waals surface area contributed by atoms with Gasteiger partial charge < -0.3 is 0 Å². The van der Waals surface area contributed by atoms with Crippen LogP contribution in [0.2, 0.25) is 0 Å². The van der Waals surface area contributed by atoms with Gasteiger partial charge in [0.15, 0.2) is 10.8 Å². The van der Waals surface area contributed by atoms with E-state index in [1.54, 1.807) is 18.6 Å². The minimum atomic E-state index is -0.00761. The smallest absolute Gasteiger partial charge is 0.193 e. The van der Waals surface area contributed by atoms with Crippen LogP contribution in [-0.2, 0) is 6.42 Å². The lowest BCUT2D eigenvalue weighted by atomic mass is 10.0. The van der Waals surface area contributed by atoms with Crippen molar-refractivity contribution in [3.05, 3.63) is 76.4 Å². The third-order valence-corrected chi connectivity index (χ3v) is 5.88. The van der Waals surface area contributed by atoms with Gasteiger partial charge in [-0.1, -0.05) is 17.4 Å². The van der Waals surface area contributed by atoms with Crippen LogP contribution in [0.4, 0.5) is 0 Å². The molecule has 0 amide bonds. The molecule has 0 spiro atoms. The zero-order chi connectivity index (χ0) is 21.1. The first kappa shape index (κ1) is 20.0. The zero-order valence-corrected chi connectivity index (χ0v) is 17.9. The highest BCUT2D eigenvalue weighted by molar-refractivity contribution is 7.16. The van der Waals surface area contributed by atoms with Crippen LogP contribution >= 0.6 is 11.3 Å². The lowest BCUT2D eigenvalue weighted by Gasteiger charge is -2.08. The number of Topliss-reactive ketones (excluding diaryl/α,β-unsaturated/α-hetero) is 1. The zero-order valence-electron chi connectivity index (χ0n) is 17.1. The monoisotopic (exact) mass is 415 g/mol. The van der Waals surface area contributed by atoms with Crippen molar-refractivity contribution in [3.63, 3.8) is 0 Å². The fraction of sp³-hybridized carbons (Fsp3) is 0.217. The fourth-order valence-corrected chi connectivity index (χ4v) is 4.15. The number of ketones is 1. The first-order valence-corrected chi connectivity index (χ1v) is 10.5. The van der Waals surface area contributed by atoms with Gasteiger partial charge in [-0.15, -0.1) is 10.2 Å². The van der Waals surface area contributed by atoms with Crippen molar-refractivity contribution >= 4 is 17.1 Å². The van der Waals surface area contributed by atoms with Crippen LogP contribution < -0.4 is 0 Å². The standard InChI is InChI=1S/C23H21N5OS/c1-14-6-8-24-13-19(14)22-27-28-23(30-22)20(29)5-4-17-10-15(2)21(26-12-17)18-7-9-25-16(3)11-18/h6-13H,4-5H2,1-3H3. The maximum Gasteiger partial charge on any atom is 0.193 e. The van der Waals surface area contributed by atoms with Crippen LogP contribution in [0.1, 0.15) is 38.6 Å². The maximum absolute atomic E-state index is 12.6. The van der Waals surface area contributed by atoms with Gasteiger partial charge in [-0.3, -0.25) is 19.7 Å². The van der Waals surface area contributed by atoms with Gasteiger partial charge in [0.05, 0.1) is 5.69 Å². The van der Waals surface area contributed by atoms with Crippen molar-refractivity contribution in [3.8, 4) is 21.8 Å². The van der Waals surface area contributed by atoms with E-state index in [0.29, 0.717) is 17.8 Å². The second-order valence-corrected chi connectivity index (χ2v) is 8.20. The van der Waals surface area contributed by atoms with Gasteiger partial charge in [-0.25, -0.2) is 0 Å². The molecule has 0 aliphatic heterocycles. The van der Waals surface area contributed by atoms with Crippen molar-refractivity contribution in [1.82, 2.24) is 25.1 Å². The Bertz CT molecular complexity index is 1220. The van der Waals surface area contributed by atoms with Gasteiger partial charge in [0.25, 0.3) is 0 Å². The highest BCUT2D eigenvalue weighted by atomic mass is 32.1. The summed E-state index contributed by atoms with van der Waals surface area (Å²) < 4.78 is 0. The number of hydrogen-bond donors (Lipinski definition) is 0. The Kier molecular flexibility index (Phi) is 5.72. The van der Waals surface area contributed by atoms with E-state index in [1.165, 1.54) is 11.3 Å². The predicted octanol–water partition coefficient (Wildman–Crippen LogP) is 4.80. The van der Waals surface area contributed by atoms with Gasteiger partial charge in [0, 0.05) is 48.0 Å². The summed E-state index contributed by atoms with van der Waals surface area (Å²) in [6.07, 6.45) is 8.11. The van der Waals surface area contributed by atoms with Crippen molar-refractivity contribution < 1.29 is 4.79 Å². The Hall–Kier alpha value is -3.32. The van der Waals surface area contributed by atoms with Crippen LogP contribution in [0.25, 0.3) is 21.8 Å². The molecule has 0 aliphatic carbocycles. The molecule has 0 aromatic carbocycles. The van der Waals surface area contributed by atoms with Gasteiger partial charge >= 0.3 is 0 Å². The highest BCUT2D eigenvalue weighted by Crippen LogP contribution is 2.27. The van der Waals surface area contributed by atoms with E-state index in [4.69, 9.17) is 0 Å². The normalized spacial score (nSPS) is 10.9. The fourth-order valence-electron chi connectivity index (χ4n) is 3.26. The quantitative estimate of drug-likeness (QED) is 0.421. The summed E-state index contributed by atoms with van der Waals surface area (Å²) >= 11 is 1.31. The Morgan fingerprint density at radius 3 is 2.60 bits per heavy atom. The maximum atomic E-state index is 12.6. The molecule has 0 fully saturated rings. The third-order valence-electron chi connectivity index (χ3n) is 4.88. The number of hydrogen-bond acceptors (Lipinski definition) is 7. The molecule has 0 radical (unpaired) electrons. The first-order chi connectivity index (χ1) is 14.5. The molecule has 4 aromatic heterocycles. The summed E-state index contributed by atoms with van der Waals surface area (Å²) in [4.78, 5) is 25.6. The predicted molar refractivity (Wildman–Crippen MR) is 117 cm³/mol. The molecule has 6 nitrogen and oxygen atoms in total. The lowest BCUT2D eigenvalue weighted by molar-refractivity contribution is 0.0981. The van der Waals surface area contributed by atoms with E-state index in [2.05, 4.69) is 31.2 Å². The summed E-state index contributed by atoms with van der Waals surface area (Å²) in [5, 5.41) is 9.43. The van der Waals surface area contributed by atoms with Crippen LogP contribution in [0.15, 0.2) is 49.1 Å². The molecule has 4 heterocycles. The molecule has 4 rings (SSSR count). The molecule has 4 aromatic rings. The molecule has 0 atom stereocenters.